The summed E-state index contributed by atoms with van der Waals surface area (Å²) in [5, 5.41) is 18.8. The lowest BCUT2D eigenvalue weighted by Crippen LogP contribution is -2.37. The molecular weight excluding hydrogens is 306 g/mol. The van der Waals surface area contributed by atoms with Gasteiger partial charge in [0.25, 0.3) is 0 Å². The van der Waals surface area contributed by atoms with E-state index in [0.717, 1.165) is 22.8 Å². The van der Waals surface area contributed by atoms with Crippen LogP contribution in [-0.2, 0) is 6.54 Å². The summed E-state index contributed by atoms with van der Waals surface area (Å²) in [6, 6.07) is 5.59. The molecule has 2 amide bonds. The molecule has 3 N–H and O–H groups in total. The fourth-order valence-corrected chi connectivity index (χ4v) is 2.34. The van der Waals surface area contributed by atoms with Crippen molar-refractivity contribution >= 4 is 6.03 Å². The van der Waals surface area contributed by atoms with Gasteiger partial charge in [-0.25, -0.2) is 14.5 Å². The van der Waals surface area contributed by atoms with E-state index in [1.54, 1.807) is 10.9 Å². The molecule has 0 radical (unpaired) electrons. The number of nitrogens with zero attached hydrogens (tertiary/aromatic N) is 3. The monoisotopic (exact) mass is 331 g/mol. The smallest absolute Gasteiger partial charge is 0.315 e. The van der Waals surface area contributed by atoms with Gasteiger partial charge < -0.3 is 15.7 Å². The van der Waals surface area contributed by atoms with Crippen LogP contribution in [0.3, 0.4) is 0 Å². The minimum absolute atomic E-state index is 0.137. The van der Waals surface area contributed by atoms with Crippen LogP contribution in [0, 0.1) is 19.8 Å². The highest BCUT2D eigenvalue weighted by molar-refractivity contribution is 5.73. The summed E-state index contributed by atoms with van der Waals surface area (Å²) < 4.78 is 1.79. The van der Waals surface area contributed by atoms with Gasteiger partial charge in [-0.15, -0.1) is 0 Å². The number of hydrogen-bond acceptors (Lipinski definition) is 4. The Morgan fingerprint density at radius 2 is 2.12 bits per heavy atom. The number of aryl methyl sites for hydroxylation is 2. The van der Waals surface area contributed by atoms with Crippen LogP contribution in [0.25, 0.3) is 5.82 Å². The van der Waals surface area contributed by atoms with E-state index in [-0.39, 0.29) is 18.6 Å². The van der Waals surface area contributed by atoms with Crippen molar-refractivity contribution in [2.24, 2.45) is 5.92 Å². The van der Waals surface area contributed by atoms with Crippen LogP contribution < -0.4 is 10.6 Å². The molecular formula is C17H25N5O2. The van der Waals surface area contributed by atoms with Crippen molar-refractivity contribution in [1.82, 2.24) is 25.4 Å². The molecule has 0 bridgehead atoms. The van der Waals surface area contributed by atoms with Crippen molar-refractivity contribution in [3.63, 3.8) is 0 Å². The Labute approximate surface area is 142 Å². The maximum Gasteiger partial charge on any atom is 0.315 e. The van der Waals surface area contributed by atoms with Gasteiger partial charge in [0.2, 0.25) is 0 Å². The maximum absolute atomic E-state index is 11.7. The van der Waals surface area contributed by atoms with Crippen LogP contribution >= 0.6 is 0 Å². The first-order chi connectivity index (χ1) is 11.5. The van der Waals surface area contributed by atoms with E-state index in [1.165, 1.54) is 0 Å². The van der Waals surface area contributed by atoms with E-state index in [9.17, 15) is 4.79 Å². The normalized spacial score (nSPS) is 12.0. The number of aromatic nitrogens is 3. The highest BCUT2D eigenvalue weighted by Crippen LogP contribution is 2.10. The zero-order chi connectivity index (χ0) is 17.5. The molecule has 2 aromatic heterocycles. The van der Waals surface area contributed by atoms with Gasteiger partial charge in [0, 0.05) is 31.6 Å². The lowest BCUT2D eigenvalue weighted by Gasteiger charge is -2.12. The first-order valence-electron chi connectivity index (χ1n) is 8.10. The van der Waals surface area contributed by atoms with E-state index in [4.69, 9.17) is 5.11 Å². The Balaban J connectivity index is 1.84. The number of nitrogens with one attached hydrogen (secondary N) is 2. The largest absolute Gasteiger partial charge is 0.396 e. The molecule has 0 fully saturated rings. The number of carbonyl (C=O) groups is 1. The van der Waals surface area contributed by atoms with E-state index in [1.807, 2.05) is 39.0 Å². The van der Waals surface area contributed by atoms with Gasteiger partial charge in [0.15, 0.2) is 5.82 Å². The third-order valence-electron chi connectivity index (χ3n) is 3.72. The SMILES string of the molecule is Cc1cc(C)n(-c2ccc(CNC(=O)NCC(C)CCO)cn2)n1. The van der Waals surface area contributed by atoms with Crippen LogP contribution in [-0.4, -0.2) is 39.1 Å². The van der Waals surface area contributed by atoms with E-state index in [0.29, 0.717) is 19.5 Å². The average Bonchev–Trinajstić information content (AvgIpc) is 2.90. The Morgan fingerprint density at radius 1 is 1.33 bits per heavy atom. The number of carbonyl (C=O) groups excluding carboxylic acids is 1. The van der Waals surface area contributed by atoms with Gasteiger partial charge in [-0.2, -0.15) is 5.10 Å². The molecule has 7 nitrogen and oxygen atoms in total. The highest BCUT2D eigenvalue weighted by atomic mass is 16.3. The third kappa shape index (κ3) is 5.06. The number of hydrogen-bond donors (Lipinski definition) is 3. The lowest BCUT2D eigenvalue weighted by molar-refractivity contribution is 0.233. The van der Waals surface area contributed by atoms with Crippen LogP contribution in [0.1, 0.15) is 30.3 Å². The highest BCUT2D eigenvalue weighted by Gasteiger charge is 2.07. The van der Waals surface area contributed by atoms with Gasteiger partial charge in [0.1, 0.15) is 0 Å². The average molecular weight is 331 g/mol. The summed E-state index contributed by atoms with van der Waals surface area (Å²) in [5.74, 6) is 1.01. The van der Waals surface area contributed by atoms with Crippen molar-refractivity contribution < 1.29 is 9.90 Å². The van der Waals surface area contributed by atoms with E-state index < -0.39 is 0 Å². The molecule has 0 aromatic carbocycles. The number of aliphatic hydroxyl groups is 1. The predicted molar refractivity (Wildman–Crippen MR) is 91.9 cm³/mol. The van der Waals surface area contributed by atoms with Crippen molar-refractivity contribution in [2.45, 2.75) is 33.7 Å². The number of pyridine rings is 1. The molecule has 0 spiro atoms. The van der Waals surface area contributed by atoms with Crippen LogP contribution in [0.4, 0.5) is 4.79 Å². The third-order valence-corrected chi connectivity index (χ3v) is 3.72. The summed E-state index contributed by atoms with van der Waals surface area (Å²) >= 11 is 0. The van der Waals surface area contributed by atoms with E-state index in [2.05, 4.69) is 20.7 Å². The van der Waals surface area contributed by atoms with Crippen molar-refractivity contribution in [3.8, 4) is 5.82 Å². The number of aliphatic hydroxyl groups excluding tert-OH is 1. The summed E-state index contributed by atoms with van der Waals surface area (Å²) in [6.45, 7) is 7.00. The minimum atomic E-state index is -0.220. The molecule has 0 aliphatic carbocycles. The van der Waals surface area contributed by atoms with Gasteiger partial charge in [-0.05, 0) is 43.9 Å². The molecule has 0 saturated carbocycles. The molecule has 7 heteroatoms. The summed E-state index contributed by atoms with van der Waals surface area (Å²) in [5.41, 5.74) is 2.90. The number of rotatable bonds is 7. The fourth-order valence-electron chi connectivity index (χ4n) is 2.34. The fraction of sp³-hybridized carbons (Fsp3) is 0.471. The second-order valence-corrected chi connectivity index (χ2v) is 6.04. The van der Waals surface area contributed by atoms with Gasteiger partial charge in [-0.1, -0.05) is 13.0 Å². The Hall–Kier alpha value is -2.41. The van der Waals surface area contributed by atoms with Crippen molar-refractivity contribution in [3.05, 3.63) is 41.3 Å². The molecule has 2 aromatic rings. The molecule has 0 aliphatic rings. The molecule has 2 heterocycles. The molecule has 0 saturated heterocycles. The molecule has 1 atom stereocenters. The van der Waals surface area contributed by atoms with Crippen molar-refractivity contribution in [2.75, 3.05) is 13.2 Å². The number of amides is 2. The number of urea groups is 1. The zero-order valence-corrected chi connectivity index (χ0v) is 14.4. The first kappa shape index (κ1) is 17.9. The minimum Gasteiger partial charge on any atom is -0.396 e. The molecule has 24 heavy (non-hydrogen) atoms. The van der Waals surface area contributed by atoms with Crippen LogP contribution in [0.2, 0.25) is 0 Å². The van der Waals surface area contributed by atoms with Gasteiger partial charge in [-0.3, -0.25) is 0 Å². The van der Waals surface area contributed by atoms with E-state index >= 15 is 0 Å². The zero-order valence-electron chi connectivity index (χ0n) is 14.4. The molecule has 130 valence electrons. The Bertz CT molecular complexity index is 666. The van der Waals surface area contributed by atoms with Gasteiger partial charge in [0.05, 0.1) is 5.69 Å². The standard InChI is InChI=1S/C17H25N5O2/c1-12(6-7-23)9-19-17(24)20-11-15-4-5-16(18-10-15)22-14(3)8-13(2)21-22/h4-5,8,10,12,23H,6-7,9,11H2,1-3H3,(H2,19,20,24). The Morgan fingerprint density at radius 3 is 2.71 bits per heavy atom. The second-order valence-electron chi connectivity index (χ2n) is 6.04. The maximum atomic E-state index is 11.7. The first-order valence-corrected chi connectivity index (χ1v) is 8.10. The molecule has 0 aliphatic heterocycles. The second kappa shape index (κ2) is 8.44. The van der Waals surface area contributed by atoms with Crippen molar-refractivity contribution in [1.29, 1.82) is 0 Å². The molecule has 1 unspecified atom stereocenters. The lowest BCUT2D eigenvalue weighted by atomic mass is 10.1. The predicted octanol–water partition coefficient (Wildman–Crippen LogP) is 1.70. The van der Waals surface area contributed by atoms with Crippen LogP contribution in [0.15, 0.2) is 24.4 Å². The summed E-state index contributed by atoms with van der Waals surface area (Å²) in [7, 11) is 0. The summed E-state index contributed by atoms with van der Waals surface area (Å²) in [4.78, 5) is 16.1. The quantitative estimate of drug-likeness (QED) is 0.720. The topological polar surface area (TPSA) is 92.1 Å². The summed E-state index contributed by atoms with van der Waals surface area (Å²) in [6.07, 6.45) is 2.42. The Kier molecular flexibility index (Phi) is 6.31. The van der Waals surface area contributed by atoms with Crippen LogP contribution in [0.5, 0.6) is 0 Å². The van der Waals surface area contributed by atoms with Gasteiger partial charge >= 0.3 is 6.03 Å². The molecule has 2 rings (SSSR count).